The first-order chi connectivity index (χ1) is 12.5. The molecule has 0 spiro atoms. The Morgan fingerprint density at radius 3 is 2.38 bits per heavy atom. The van der Waals surface area contributed by atoms with E-state index in [1.807, 2.05) is 4.90 Å². The predicted molar refractivity (Wildman–Crippen MR) is 104 cm³/mol. The fourth-order valence-corrected chi connectivity index (χ4v) is 3.88. The topological polar surface area (TPSA) is 43.9 Å². The second-order valence-electron chi connectivity index (χ2n) is 6.28. The average molecular weight is 394 g/mol. The minimum Gasteiger partial charge on any atom is -0.364 e. The van der Waals surface area contributed by atoms with Crippen LogP contribution in [0.1, 0.15) is 12.5 Å². The molecule has 2 aliphatic rings. The number of imide groups is 1. The van der Waals surface area contributed by atoms with Gasteiger partial charge in [0, 0.05) is 43.3 Å². The molecule has 0 aliphatic carbocycles. The molecule has 1 aromatic carbocycles. The van der Waals surface area contributed by atoms with Gasteiger partial charge in [-0.05, 0) is 18.7 Å². The van der Waals surface area contributed by atoms with Crippen molar-refractivity contribution >= 4 is 40.6 Å². The molecule has 0 N–H and O–H groups in total. The lowest BCUT2D eigenvalue weighted by molar-refractivity contribution is -0.137. The van der Waals surface area contributed by atoms with Gasteiger partial charge in [0.15, 0.2) is 0 Å². The van der Waals surface area contributed by atoms with Crippen LogP contribution in [0.15, 0.2) is 36.6 Å². The summed E-state index contributed by atoms with van der Waals surface area (Å²) in [7, 11) is 0. The van der Waals surface area contributed by atoms with Crippen LogP contribution in [0.2, 0.25) is 10.0 Å². The summed E-state index contributed by atoms with van der Waals surface area (Å²) in [6.07, 6.45) is 1.55. The number of piperazine rings is 1. The first-order valence-corrected chi connectivity index (χ1v) is 9.37. The van der Waals surface area contributed by atoms with Crippen molar-refractivity contribution in [1.29, 1.82) is 0 Å². The number of rotatable bonds is 5. The van der Waals surface area contributed by atoms with Gasteiger partial charge in [0.1, 0.15) is 5.70 Å². The van der Waals surface area contributed by atoms with Gasteiger partial charge in [-0.2, -0.15) is 0 Å². The molecule has 5 nitrogen and oxygen atoms in total. The fraction of sp³-hybridized carbons (Fsp3) is 0.368. The van der Waals surface area contributed by atoms with Gasteiger partial charge in [0.05, 0.1) is 10.6 Å². The summed E-state index contributed by atoms with van der Waals surface area (Å²) < 4.78 is 0. The van der Waals surface area contributed by atoms with E-state index >= 15 is 0 Å². The second kappa shape index (κ2) is 7.82. The number of amides is 2. The van der Waals surface area contributed by atoms with Crippen molar-refractivity contribution < 1.29 is 9.59 Å². The normalized spacial score (nSPS) is 18.9. The Labute approximate surface area is 163 Å². The van der Waals surface area contributed by atoms with E-state index in [2.05, 4.69) is 18.4 Å². The molecule has 1 aromatic rings. The second-order valence-corrected chi connectivity index (χ2v) is 7.12. The smallest absolute Gasteiger partial charge is 0.278 e. The molecule has 0 radical (unpaired) electrons. The van der Waals surface area contributed by atoms with Gasteiger partial charge in [-0.15, -0.1) is 6.58 Å². The minimum absolute atomic E-state index is 0.171. The Balaban J connectivity index is 2.06. The first kappa shape index (κ1) is 19.0. The first-order valence-electron chi connectivity index (χ1n) is 8.62. The van der Waals surface area contributed by atoms with Gasteiger partial charge >= 0.3 is 0 Å². The zero-order valence-corrected chi connectivity index (χ0v) is 16.2. The Morgan fingerprint density at radius 1 is 1.12 bits per heavy atom. The fourth-order valence-electron chi connectivity index (χ4n) is 3.37. The summed E-state index contributed by atoms with van der Waals surface area (Å²) in [6, 6.07) is 4.97. The summed E-state index contributed by atoms with van der Waals surface area (Å²) in [5.74, 6) is -0.632. The standard InChI is InChI=1S/C19H21Cl2N3O2/c1-3-7-24-18(25)16(14-6-5-13(20)12-15(14)21)17(19(24)26)23-10-8-22(4-2)9-11-23/h3,5-6,12H,1,4,7-11H2,2H3. The lowest BCUT2D eigenvalue weighted by Crippen LogP contribution is -2.47. The summed E-state index contributed by atoms with van der Waals surface area (Å²) in [6.45, 7) is 10.00. The van der Waals surface area contributed by atoms with E-state index in [0.29, 0.717) is 40.0 Å². The third-order valence-corrected chi connectivity index (χ3v) is 5.34. The van der Waals surface area contributed by atoms with Crippen LogP contribution in [0.5, 0.6) is 0 Å². The van der Waals surface area contributed by atoms with Gasteiger partial charge in [0.25, 0.3) is 11.8 Å². The molecule has 1 fully saturated rings. The number of hydrogen-bond donors (Lipinski definition) is 0. The lowest BCUT2D eigenvalue weighted by atomic mass is 10.0. The zero-order valence-electron chi connectivity index (χ0n) is 14.7. The van der Waals surface area contributed by atoms with E-state index in [9.17, 15) is 9.59 Å². The van der Waals surface area contributed by atoms with Crippen molar-refractivity contribution in [2.45, 2.75) is 6.92 Å². The van der Waals surface area contributed by atoms with E-state index in [-0.39, 0.29) is 18.4 Å². The van der Waals surface area contributed by atoms with Crippen LogP contribution >= 0.6 is 23.2 Å². The molecule has 26 heavy (non-hydrogen) atoms. The monoisotopic (exact) mass is 393 g/mol. The maximum atomic E-state index is 13.0. The highest BCUT2D eigenvalue weighted by atomic mass is 35.5. The maximum Gasteiger partial charge on any atom is 0.278 e. The molecule has 138 valence electrons. The third kappa shape index (κ3) is 3.39. The highest BCUT2D eigenvalue weighted by molar-refractivity contribution is 6.41. The van der Waals surface area contributed by atoms with E-state index in [0.717, 1.165) is 19.6 Å². The van der Waals surface area contributed by atoms with Crippen LogP contribution in [0.3, 0.4) is 0 Å². The summed E-state index contributed by atoms with van der Waals surface area (Å²) in [5.41, 5.74) is 1.31. The molecule has 3 rings (SSSR count). The number of benzene rings is 1. The third-order valence-electron chi connectivity index (χ3n) is 4.79. The van der Waals surface area contributed by atoms with Crippen LogP contribution in [0.4, 0.5) is 0 Å². The van der Waals surface area contributed by atoms with E-state index in [1.165, 1.54) is 4.90 Å². The summed E-state index contributed by atoms with van der Waals surface area (Å²) in [5, 5.41) is 0.843. The molecular weight excluding hydrogens is 373 g/mol. The molecular formula is C19H21Cl2N3O2. The molecule has 0 atom stereocenters. The number of hydrogen-bond acceptors (Lipinski definition) is 4. The Morgan fingerprint density at radius 2 is 1.81 bits per heavy atom. The van der Waals surface area contributed by atoms with Crippen molar-refractivity contribution in [2.24, 2.45) is 0 Å². The maximum absolute atomic E-state index is 13.0. The van der Waals surface area contributed by atoms with E-state index < -0.39 is 0 Å². The molecule has 2 heterocycles. The Kier molecular flexibility index (Phi) is 5.70. The largest absolute Gasteiger partial charge is 0.364 e. The van der Waals surface area contributed by atoms with Crippen LogP contribution in [-0.2, 0) is 9.59 Å². The molecule has 7 heteroatoms. The van der Waals surface area contributed by atoms with Crippen molar-refractivity contribution in [3.63, 3.8) is 0 Å². The van der Waals surface area contributed by atoms with Gasteiger partial charge in [-0.1, -0.05) is 42.3 Å². The lowest BCUT2D eigenvalue weighted by Gasteiger charge is -2.36. The van der Waals surface area contributed by atoms with Gasteiger partial charge in [-0.3, -0.25) is 14.5 Å². The van der Waals surface area contributed by atoms with E-state index in [1.54, 1.807) is 24.3 Å². The molecule has 1 saturated heterocycles. The number of nitrogens with zero attached hydrogens (tertiary/aromatic N) is 3. The number of carbonyl (C=O) groups excluding carboxylic acids is 2. The Bertz CT molecular complexity index is 783. The number of halogens is 2. The molecule has 0 unspecified atom stereocenters. The van der Waals surface area contributed by atoms with Crippen LogP contribution < -0.4 is 0 Å². The quantitative estimate of drug-likeness (QED) is 0.569. The van der Waals surface area contributed by atoms with Gasteiger partial charge in [-0.25, -0.2) is 0 Å². The van der Waals surface area contributed by atoms with Crippen molar-refractivity contribution in [2.75, 3.05) is 39.3 Å². The number of carbonyl (C=O) groups is 2. The SMILES string of the molecule is C=CCN1C(=O)C(c2ccc(Cl)cc2Cl)=C(N2CCN(CC)CC2)C1=O. The van der Waals surface area contributed by atoms with Gasteiger partial charge in [0.2, 0.25) is 0 Å². The molecule has 0 bridgehead atoms. The molecule has 0 aromatic heterocycles. The van der Waals surface area contributed by atoms with Gasteiger partial charge < -0.3 is 9.80 Å². The van der Waals surface area contributed by atoms with Crippen LogP contribution in [0, 0.1) is 0 Å². The van der Waals surface area contributed by atoms with E-state index in [4.69, 9.17) is 23.2 Å². The van der Waals surface area contributed by atoms with Crippen LogP contribution in [0.25, 0.3) is 5.57 Å². The number of likely N-dealkylation sites (N-methyl/N-ethyl adjacent to an activating group) is 1. The Hall–Kier alpha value is -1.82. The van der Waals surface area contributed by atoms with Crippen molar-refractivity contribution in [1.82, 2.24) is 14.7 Å². The average Bonchev–Trinajstić information content (AvgIpc) is 2.87. The van der Waals surface area contributed by atoms with Crippen molar-refractivity contribution in [3.8, 4) is 0 Å². The van der Waals surface area contributed by atoms with Crippen molar-refractivity contribution in [3.05, 3.63) is 52.2 Å². The minimum atomic E-state index is -0.341. The van der Waals surface area contributed by atoms with Crippen LogP contribution in [-0.4, -0.2) is 65.8 Å². The molecule has 0 saturated carbocycles. The highest BCUT2D eigenvalue weighted by Gasteiger charge is 2.42. The highest BCUT2D eigenvalue weighted by Crippen LogP contribution is 2.36. The molecule has 2 aliphatic heterocycles. The molecule has 2 amide bonds. The summed E-state index contributed by atoms with van der Waals surface area (Å²) >= 11 is 12.3. The predicted octanol–water partition coefficient (Wildman–Crippen LogP) is 2.90. The zero-order chi connectivity index (χ0) is 18.8. The summed E-state index contributed by atoms with van der Waals surface area (Å²) in [4.78, 5) is 31.5.